The Labute approximate surface area is 119 Å². The van der Waals surface area contributed by atoms with Crippen molar-refractivity contribution in [3.05, 3.63) is 29.8 Å². The second-order valence-electron chi connectivity index (χ2n) is 4.77. The Morgan fingerprint density at radius 2 is 2.05 bits per heavy atom. The van der Waals surface area contributed by atoms with Crippen LogP contribution in [-0.2, 0) is 14.6 Å². The molecule has 1 aromatic carbocycles. The summed E-state index contributed by atoms with van der Waals surface area (Å²) in [6.07, 6.45) is 0.748. The van der Waals surface area contributed by atoms with Gasteiger partial charge in [0.15, 0.2) is 9.84 Å². The number of amides is 1. The van der Waals surface area contributed by atoms with Crippen LogP contribution in [0.3, 0.4) is 0 Å². The second kappa shape index (κ2) is 7.06. The van der Waals surface area contributed by atoms with Crippen molar-refractivity contribution in [2.24, 2.45) is 5.92 Å². The van der Waals surface area contributed by atoms with E-state index in [4.69, 9.17) is 5.26 Å². The van der Waals surface area contributed by atoms with Crippen LogP contribution in [0.5, 0.6) is 0 Å². The molecule has 1 unspecified atom stereocenters. The molecule has 0 fully saturated rings. The van der Waals surface area contributed by atoms with E-state index >= 15 is 0 Å². The highest BCUT2D eigenvalue weighted by Gasteiger charge is 2.19. The SMILES string of the molecule is CCC(C)CS(=O)(=O)CC(=O)Nc1ccccc1C#N. The zero-order valence-corrected chi connectivity index (χ0v) is 12.4. The number of hydrogen-bond donors (Lipinski definition) is 1. The molecule has 1 amide bonds. The summed E-state index contributed by atoms with van der Waals surface area (Å²) in [5.74, 6) is -1.15. The Balaban J connectivity index is 2.71. The van der Waals surface area contributed by atoms with Crippen LogP contribution in [0.25, 0.3) is 0 Å². The topological polar surface area (TPSA) is 87.0 Å². The lowest BCUT2D eigenvalue weighted by molar-refractivity contribution is -0.113. The molecule has 0 aliphatic rings. The van der Waals surface area contributed by atoms with Gasteiger partial charge in [-0.2, -0.15) is 5.26 Å². The molecule has 0 saturated carbocycles. The fraction of sp³-hybridized carbons (Fsp3) is 0.429. The number of benzene rings is 1. The van der Waals surface area contributed by atoms with Crippen LogP contribution in [0.15, 0.2) is 24.3 Å². The van der Waals surface area contributed by atoms with Crippen molar-refractivity contribution in [3.8, 4) is 6.07 Å². The van der Waals surface area contributed by atoms with E-state index in [2.05, 4.69) is 5.32 Å². The van der Waals surface area contributed by atoms with Gasteiger partial charge >= 0.3 is 0 Å². The minimum atomic E-state index is -3.43. The van der Waals surface area contributed by atoms with Crippen molar-refractivity contribution in [1.29, 1.82) is 5.26 Å². The Kier molecular flexibility index (Phi) is 5.71. The van der Waals surface area contributed by atoms with E-state index in [1.54, 1.807) is 24.3 Å². The average molecular weight is 294 g/mol. The third-order valence-electron chi connectivity index (χ3n) is 2.91. The quantitative estimate of drug-likeness (QED) is 0.868. The van der Waals surface area contributed by atoms with E-state index in [-0.39, 0.29) is 11.7 Å². The lowest BCUT2D eigenvalue weighted by Crippen LogP contribution is -2.27. The lowest BCUT2D eigenvalue weighted by Gasteiger charge is -2.10. The molecule has 0 aliphatic carbocycles. The highest BCUT2D eigenvalue weighted by molar-refractivity contribution is 7.92. The molecule has 1 rings (SSSR count). The standard InChI is InChI=1S/C14H18N2O3S/c1-3-11(2)9-20(18,19)10-14(17)16-13-7-5-4-6-12(13)8-15/h4-7,11H,3,9-10H2,1-2H3,(H,16,17). The molecule has 0 heterocycles. The highest BCUT2D eigenvalue weighted by Crippen LogP contribution is 2.14. The van der Waals surface area contributed by atoms with Gasteiger partial charge < -0.3 is 5.32 Å². The van der Waals surface area contributed by atoms with Crippen LogP contribution >= 0.6 is 0 Å². The van der Waals surface area contributed by atoms with Gasteiger partial charge in [-0.05, 0) is 18.1 Å². The van der Waals surface area contributed by atoms with Crippen molar-refractivity contribution in [1.82, 2.24) is 0 Å². The van der Waals surface area contributed by atoms with Crippen molar-refractivity contribution < 1.29 is 13.2 Å². The van der Waals surface area contributed by atoms with Gasteiger partial charge in [-0.25, -0.2) is 8.42 Å². The van der Waals surface area contributed by atoms with Gasteiger partial charge in [-0.1, -0.05) is 32.4 Å². The maximum Gasteiger partial charge on any atom is 0.239 e. The molecule has 1 atom stereocenters. The van der Waals surface area contributed by atoms with E-state index < -0.39 is 21.5 Å². The van der Waals surface area contributed by atoms with E-state index in [0.29, 0.717) is 11.3 Å². The normalized spacial score (nSPS) is 12.4. The minimum Gasteiger partial charge on any atom is -0.324 e. The largest absolute Gasteiger partial charge is 0.324 e. The van der Waals surface area contributed by atoms with Crippen LogP contribution < -0.4 is 5.32 Å². The van der Waals surface area contributed by atoms with E-state index in [1.807, 2.05) is 19.9 Å². The fourth-order valence-corrected chi connectivity index (χ4v) is 3.38. The highest BCUT2D eigenvalue weighted by atomic mass is 32.2. The maximum atomic E-state index is 11.8. The summed E-state index contributed by atoms with van der Waals surface area (Å²) in [7, 11) is -3.43. The first-order valence-electron chi connectivity index (χ1n) is 6.37. The third-order valence-corrected chi connectivity index (χ3v) is 4.69. The number of nitrogens with one attached hydrogen (secondary N) is 1. The minimum absolute atomic E-state index is 0.00316. The van der Waals surface area contributed by atoms with Crippen molar-refractivity contribution in [2.45, 2.75) is 20.3 Å². The third kappa shape index (κ3) is 5.02. The Morgan fingerprint density at radius 1 is 1.40 bits per heavy atom. The first-order chi connectivity index (χ1) is 9.38. The number of carbonyl (C=O) groups is 1. The van der Waals surface area contributed by atoms with Gasteiger partial charge in [0.2, 0.25) is 5.91 Å². The Bertz CT molecular complexity index is 618. The average Bonchev–Trinajstić information content (AvgIpc) is 2.37. The number of anilines is 1. The summed E-state index contributed by atoms with van der Waals surface area (Å²) in [6, 6.07) is 8.41. The number of nitrogens with zero attached hydrogens (tertiary/aromatic N) is 1. The summed E-state index contributed by atoms with van der Waals surface area (Å²) in [4.78, 5) is 11.8. The number of hydrogen-bond acceptors (Lipinski definition) is 4. The molecule has 0 saturated heterocycles. The number of nitriles is 1. The van der Waals surface area contributed by atoms with Crippen molar-refractivity contribution in [2.75, 3.05) is 16.8 Å². The van der Waals surface area contributed by atoms with E-state index in [1.165, 1.54) is 0 Å². The van der Waals surface area contributed by atoms with Gasteiger partial charge in [0.1, 0.15) is 11.8 Å². The van der Waals surface area contributed by atoms with Gasteiger partial charge in [0.05, 0.1) is 17.0 Å². The molecule has 1 N–H and O–H groups in total. The molecule has 108 valence electrons. The van der Waals surface area contributed by atoms with Crippen LogP contribution in [-0.4, -0.2) is 25.8 Å². The van der Waals surface area contributed by atoms with E-state index in [0.717, 1.165) is 6.42 Å². The number of carbonyl (C=O) groups excluding carboxylic acids is 1. The molecule has 0 spiro atoms. The van der Waals surface area contributed by atoms with Crippen LogP contribution in [0.2, 0.25) is 0 Å². The number of sulfone groups is 1. The molecule has 0 aromatic heterocycles. The summed E-state index contributed by atoms with van der Waals surface area (Å²) < 4.78 is 23.7. The predicted molar refractivity (Wildman–Crippen MR) is 77.9 cm³/mol. The zero-order chi connectivity index (χ0) is 15.2. The number of para-hydroxylation sites is 1. The predicted octanol–water partition coefficient (Wildman–Crippen LogP) is 1.96. The number of rotatable bonds is 6. The van der Waals surface area contributed by atoms with Crippen molar-refractivity contribution in [3.63, 3.8) is 0 Å². The first-order valence-corrected chi connectivity index (χ1v) is 8.19. The van der Waals surface area contributed by atoms with Gasteiger partial charge in [-0.3, -0.25) is 4.79 Å². The monoisotopic (exact) mass is 294 g/mol. The summed E-state index contributed by atoms with van der Waals surface area (Å²) in [5, 5.41) is 11.4. The first kappa shape index (κ1) is 16.2. The molecular formula is C14H18N2O3S. The van der Waals surface area contributed by atoms with Gasteiger partial charge in [0, 0.05) is 0 Å². The van der Waals surface area contributed by atoms with E-state index in [9.17, 15) is 13.2 Å². The molecule has 20 heavy (non-hydrogen) atoms. The molecule has 1 aromatic rings. The molecular weight excluding hydrogens is 276 g/mol. The Morgan fingerprint density at radius 3 is 2.65 bits per heavy atom. The van der Waals surface area contributed by atoms with Crippen LogP contribution in [0, 0.1) is 17.2 Å². The maximum absolute atomic E-state index is 11.8. The van der Waals surface area contributed by atoms with Gasteiger partial charge in [0.25, 0.3) is 0 Å². The molecule has 0 bridgehead atoms. The fourth-order valence-electron chi connectivity index (χ4n) is 1.69. The van der Waals surface area contributed by atoms with Crippen molar-refractivity contribution >= 4 is 21.4 Å². The lowest BCUT2D eigenvalue weighted by atomic mass is 10.2. The zero-order valence-electron chi connectivity index (χ0n) is 11.6. The van der Waals surface area contributed by atoms with Gasteiger partial charge in [-0.15, -0.1) is 0 Å². The second-order valence-corrected chi connectivity index (χ2v) is 6.88. The summed E-state index contributed by atoms with van der Waals surface area (Å²) in [6.45, 7) is 3.74. The summed E-state index contributed by atoms with van der Waals surface area (Å²) in [5.41, 5.74) is 0.638. The van der Waals surface area contributed by atoms with Crippen LogP contribution in [0.1, 0.15) is 25.8 Å². The molecule has 6 heteroatoms. The Hall–Kier alpha value is -1.87. The molecule has 0 radical (unpaired) electrons. The molecule has 0 aliphatic heterocycles. The van der Waals surface area contributed by atoms with Crippen LogP contribution in [0.4, 0.5) is 5.69 Å². The summed E-state index contributed by atoms with van der Waals surface area (Å²) >= 11 is 0. The molecule has 5 nitrogen and oxygen atoms in total. The smallest absolute Gasteiger partial charge is 0.239 e.